The normalized spacial score (nSPS) is 20.3. The summed E-state index contributed by atoms with van der Waals surface area (Å²) in [5.74, 6) is -0.127. The minimum Gasteiger partial charge on any atom is -0.379 e. The molecule has 0 bridgehead atoms. The number of likely N-dealkylation sites (tertiary alicyclic amines) is 1. The quantitative estimate of drug-likeness (QED) is 0.834. The fourth-order valence-corrected chi connectivity index (χ4v) is 5.16. The molecular formula is C18H27N3O4S. The van der Waals surface area contributed by atoms with Gasteiger partial charge in [0.1, 0.15) is 0 Å². The summed E-state index contributed by atoms with van der Waals surface area (Å²) in [5, 5.41) is 0. The van der Waals surface area contributed by atoms with Crippen LogP contribution < -0.4 is 5.73 Å². The molecule has 8 heteroatoms. The number of aryl methyl sites for hydroxylation is 1. The number of carbonyl (C=O) groups excluding carboxylic acids is 1. The Hall–Kier alpha value is -1.48. The van der Waals surface area contributed by atoms with E-state index in [4.69, 9.17) is 10.5 Å². The molecule has 0 atom stereocenters. The summed E-state index contributed by atoms with van der Waals surface area (Å²) in [6.07, 6.45) is 2.14. The molecule has 0 spiro atoms. The zero-order chi connectivity index (χ0) is 18.7. The van der Waals surface area contributed by atoms with Crippen molar-refractivity contribution in [2.45, 2.75) is 37.1 Å². The number of morpholine rings is 1. The van der Waals surface area contributed by atoms with Gasteiger partial charge in [0.2, 0.25) is 10.0 Å². The van der Waals surface area contributed by atoms with E-state index in [9.17, 15) is 13.2 Å². The van der Waals surface area contributed by atoms with Gasteiger partial charge in [-0.2, -0.15) is 4.31 Å². The highest BCUT2D eigenvalue weighted by Crippen LogP contribution is 2.24. The van der Waals surface area contributed by atoms with Crippen molar-refractivity contribution in [2.75, 3.05) is 39.4 Å². The van der Waals surface area contributed by atoms with Crippen LogP contribution in [-0.4, -0.2) is 69.0 Å². The van der Waals surface area contributed by atoms with E-state index in [0.717, 1.165) is 18.4 Å². The molecular weight excluding hydrogens is 354 g/mol. The maximum atomic E-state index is 13.1. The molecule has 0 radical (unpaired) electrons. The highest BCUT2D eigenvalue weighted by Gasteiger charge is 2.30. The number of amides is 1. The van der Waals surface area contributed by atoms with E-state index in [0.29, 0.717) is 51.4 Å². The Morgan fingerprint density at radius 1 is 1.19 bits per heavy atom. The van der Waals surface area contributed by atoms with Gasteiger partial charge in [-0.1, -0.05) is 13.0 Å². The number of piperidine rings is 1. The highest BCUT2D eigenvalue weighted by molar-refractivity contribution is 7.89. The predicted molar refractivity (Wildman–Crippen MR) is 98.5 cm³/mol. The van der Waals surface area contributed by atoms with E-state index in [1.165, 1.54) is 4.31 Å². The van der Waals surface area contributed by atoms with Crippen LogP contribution in [0.1, 0.15) is 35.7 Å². The van der Waals surface area contributed by atoms with Crippen molar-refractivity contribution >= 4 is 15.9 Å². The zero-order valence-corrected chi connectivity index (χ0v) is 16.0. The largest absolute Gasteiger partial charge is 0.379 e. The Balaban J connectivity index is 1.90. The van der Waals surface area contributed by atoms with Crippen molar-refractivity contribution in [1.29, 1.82) is 0 Å². The van der Waals surface area contributed by atoms with Crippen molar-refractivity contribution in [2.24, 2.45) is 5.73 Å². The van der Waals surface area contributed by atoms with Crippen LogP contribution in [-0.2, 0) is 21.2 Å². The molecule has 2 fully saturated rings. The molecule has 2 aliphatic rings. The smallest absolute Gasteiger partial charge is 0.253 e. The molecule has 0 unspecified atom stereocenters. The Bertz CT molecular complexity index is 752. The fourth-order valence-electron chi connectivity index (χ4n) is 3.43. The van der Waals surface area contributed by atoms with Gasteiger partial charge in [0.05, 0.1) is 18.1 Å². The molecule has 2 aliphatic heterocycles. The highest BCUT2D eigenvalue weighted by atomic mass is 32.2. The average molecular weight is 381 g/mol. The number of nitrogens with two attached hydrogens (primary N) is 1. The lowest BCUT2D eigenvalue weighted by atomic mass is 10.0. The van der Waals surface area contributed by atoms with E-state index in [1.807, 2.05) is 6.92 Å². The number of hydrogen-bond donors (Lipinski definition) is 1. The lowest BCUT2D eigenvalue weighted by Gasteiger charge is -2.30. The second-order valence-corrected chi connectivity index (χ2v) is 8.73. The van der Waals surface area contributed by atoms with E-state index in [2.05, 4.69) is 0 Å². The summed E-state index contributed by atoms with van der Waals surface area (Å²) in [6, 6.07) is 5.17. The van der Waals surface area contributed by atoms with Gasteiger partial charge in [0, 0.05) is 37.8 Å². The molecule has 2 saturated heterocycles. The number of nitrogens with zero attached hydrogens (tertiary/aromatic N) is 2. The lowest BCUT2D eigenvalue weighted by Crippen LogP contribution is -2.43. The minimum absolute atomic E-state index is 0.127. The second kappa shape index (κ2) is 8.04. The van der Waals surface area contributed by atoms with Crippen LogP contribution in [0.4, 0.5) is 0 Å². The monoisotopic (exact) mass is 381 g/mol. The molecule has 1 aromatic carbocycles. The first-order valence-corrected chi connectivity index (χ1v) is 10.6. The number of ether oxygens (including phenoxy) is 1. The Morgan fingerprint density at radius 3 is 2.46 bits per heavy atom. The van der Waals surface area contributed by atoms with Gasteiger partial charge in [-0.3, -0.25) is 4.79 Å². The molecule has 2 N–H and O–H groups in total. The van der Waals surface area contributed by atoms with Crippen LogP contribution in [0.3, 0.4) is 0 Å². The average Bonchev–Trinajstić information content (AvgIpc) is 2.68. The van der Waals surface area contributed by atoms with Gasteiger partial charge in [-0.25, -0.2) is 8.42 Å². The van der Waals surface area contributed by atoms with Crippen molar-refractivity contribution in [3.63, 3.8) is 0 Å². The molecule has 0 aromatic heterocycles. The third-order valence-electron chi connectivity index (χ3n) is 5.11. The van der Waals surface area contributed by atoms with Crippen LogP contribution in [0.2, 0.25) is 0 Å². The van der Waals surface area contributed by atoms with Crippen molar-refractivity contribution in [3.05, 3.63) is 29.3 Å². The number of hydrogen-bond acceptors (Lipinski definition) is 5. The summed E-state index contributed by atoms with van der Waals surface area (Å²) in [5.41, 5.74) is 7.06. The molecule has 1 amide bonds. The Morgan fingerprint density at radius 2 is 1.85 bits per heavy atom. The molecule has 1 aromatic rings. The molecule has 7 nitrogen and oxygen atoms in total. The SMILES string of the molecule is CCc1ccc(C(=O)N2CCC(N)CC2)cc1S(=O)(=O)N1CCOCC1. The maximum absolute atomic E-state index is 13.1. The van der Waals surface area contributed by atoms with Crippen molar-refractivity contribution in [3.8, 4) is 0 Å². The zero-order valence-electron chi connectivity index (χ0n) is 15.2. The van der Waals surface area contributed by atoms with Gasteiger partial charge in [0.15, 0.2) is 0 Å². The lowest BCUT2D eigenvalue weighted by molar-refractivity contribution is 0.0713. The van der Waals surface area contributed by atoms with Gasteiger partial charge in [-0.05, 0) is 37.0 Å². The summed E-state index contributed by atoms with van der Waals surface area (Å²) >= 11 is 0. The predicted octanol–water partition coefficient (Wildman–Crippen LogP) is 0.833. The van der Waals surface area contributed by atoms with Crippen LogP contribution in [0, 0.1) is 0 Å². The maximum Gasteiger partial charge on any atom is 0.253 e. The first-order chi connectivity index (χ1) is 12.4. The Kier molecular flexibility index (Phi) is 5.96. The molecule has 144 valence electrons. The van der Waals surface area contributed by atoms with Gasteiger partial charge < -0.3 is 15.4 Å². The number of rotatable bonds is 4. The van der Waals surface area contributed by atoms with Crippen molar-refractivity contribution in [1.82, 2.24) is 9.21 Å². The third-order valence-corrected chi connectivity index (χ3v) is 7.09. The third kappa shape index (κ3) is 3.93. The second-order valence-electron chi connectivity index (χ2n) is 6.82. The summed E-state index contributed by atoms with van der Waals surface area (Å²) in [7, 11) is -3.64. The van der Waals surface area contributed by atoms with E-state index in [-0.39, 0.29) is 16.8 Å². The van der Waals surface area contributed by atoms with Crippen LogP contribution in [0.15, 0.2) is 23.1 Å². The van der Waals surface area contributed by atoms with Gasteiger partial charge in [-0.15, -0.1) is 0 Å². The van der Waals surface area contributed by atoms with Gasteiger partial charge >= 0.3 is 0 Å². The first kappa shape index (κ1) is 19.3. The molecule has 2 heterocycles. The molecule has 3 rings (SSSR count). The molecule has 26 heavy (non-hydrogen) atoms. The van der Waals surface area contributed by atoms with E-state index >= 15 is 0 Å². The minimum atomic E-state index is -3.64. The number of carbonyl (C=O) groups is 1. The summed E-state index contributed by atoms with van der Waals surface area (Å²) < 4.78 is 32.9. The number of benzene rings is 1. The summed E-state index contributed by atoms with van der Waals surface area (Å²) in [4.78, 5) is 14.8. The van der Waals surface area contributed by atoms with Gasteiger partial charge in [0.25, 0.3) is 5.91 Å². The Labute approximate surface area is 155 Å². The van der Waals surface area contributed by atoms with Crippen molar-refractivity contribution < 1.29 is 17.9 Å². The van der Waals surface area contributed by atoms with Crippen LogP contribution >= 0.6 is 0 Å². The number of sulfonamides is 1. The van der Waals surface area contributed by atoms with E-state index < -0.39 is 10.0 Å². The van der Waals surface area contributed by atoms with Crippen LogP contribution in [0.5, 0.6) is 0 Å². The standard InChI is InChI=1S/C18H27N3O4S/c1-2-14-3-4-15(18(22)20-7-5-16(19)6-8-20)13-17(14)26(23,24)21-9-11-25-12-10-21/h3-4,13,16H,2,5-12,19H2,1H3. The van der Waals surface area contributed by atoms with E-state index in [1.54, 1.807) is 23.1 Å². The summed E-state index contributed by atoms with van der Waals surface area (Å²) in [6.45, 7) is 4.62. The molecule has 0 aliphatic carbocycles. The van der Waals surface area contributed by atoms with Crippen LogP contribution in [0.25, 0.3) is 0 Å². The molecule has 0 saturated carbocycles. The first-order valence-electron chi connectivity index (χ1n) is 9.19. The topological polar surface area (TPSA) is 92.9 Å². The fraction of sp³-hybridized carbons (Fsp3) is 0.611.